The lowest BCUT2D eigenvalue weighted by Gasteiger charge is -2.16. The van der Waals surface area contributed by atoms with Crippen LogP contribution in [0.4, 0.5) is 0 Å². The van der Waals surface area contributed by atoms with Gasteiger partial charge in [-0.3, -0.25) is 9.59 Å². The summed E-state index contributed by atoms with van der Waals surface area (Å²) in [5.74, 6) is -0.773. The van der Waals surface area contributed by atoms with Crippen molar-refractivity contribution in [2.45, 2.75) is 6.04 Å². The maximum atomic E-state index is 12.4. The lowest BCUT2D eigenvalue weighted by atomic mass is 9.95. The minimum atomic E-state index is -0.779. The number of hydrogen-bond donors (Lipinski definition) is 2. The number of aliphatic hydroxyl groups is 1. The lowest BCUT2D eigenvalue weighted by Crippen LogP contribution is -2.21. The van der Waals surface area contributed by atoms with E-state index >= 15 is 0 Å². The van der Waals surface area contributed by atoms with Crippen molar-refractivity contribution in [3.05, 3.63) is 63.6 Å². The highest BCUT2D eigenvalue weighted by molar-refractivity contribution is 9.10. The van der Waals surface area contributed by atoms with Crippen LogP contribution in [0.2, 0.25) is 0 Å². The average Bonchev–Trinajstić information content (AvgIpc) is 2.96. The third-order valence-electron chi connectivity index (χ3n) is 4.13. The minimum absolute atomic E-state index is 0.00421. The molecule has 0 unspecified atom stereocenters. The van der Waals surface area contributed by atoms with Crippen molar-refractivity contribution >= 4 is 33.4 Å². The van der Waals surface area contributed by atoms with E-state index in [4.69, 9.17) is 9.47 Å². The molecule has 2 aromatic carbocycles. The second kappa shape index (κ2) is 7.21. The predicted octanol–water partition coefficient (Wildman–Crippen LogP) is 3.18. The van der Waals surface area contributed by atoms with Gasteiger partial charge in [-0.15, -0.1) is 0 Å². The molecule has 1 fully saturated rings. The van der Waals surface area contributed by atoms with Crippen molar-refractivity contribution in [1.29, 1.82) is 0 Å². The zero-order chi connectivity index (χ0) is 18.8. The van der Waals surface area contributed by atoms with Crippen LogP contribution in [-0.2, 0) is 9.59 Å². The summed E-state index contributed by atoms with van der Waals surface area (Å²) in [5.41, 5.74) is 1.04. The summed E-state index contributed by atoms with van der Waals surface area (Å²) in [5, 5.41) is 13.3. The molecule has 1 saturated heterocycles. The van der Waals surface area contributed by atoms with E-state index in [2.05, 4.69) is 21.2 Å². The molecule has 26 heavy (non-hydrogen) atoms. The molecule has 2 N–H and O–H groups in total. The number of hydrogen-bond acceptors (Lipinski definition) is 5. The number of rotatable bonds is 4. The van der Waals surface area contributed by atoms with Crippen LogP contribution in [0.25, 0.3) is 5.76 Å². The Morgan fingerprint density at radius 1 is 1.04 bits per heavy atom. The van der Waals surface area contributed by atoms with E-state index in [1.807, 2.05) is 0 Å². The summed E-state index contributed by atoms with van der Waals surface area (Å²) in [6, 6.07) is 11.1. The quantitative estimate of drug-likeness (QED) is 0.453. The molecule has 0 bridgehead atoms. The molecular formula is C19H16BrNO5. The number of halogens is 1. The van der Waals surface area contributed by atoms with E-state index in [9.17, 15) is 14.7 Å². The average molecular weight is 418 g/mol. The molecule has 0 aliphatic carbocycles. The zero-order valence-corrected chi connectivity index (χ0v) is 15.7. The molecule has 1 heterocycles. The van der Waals surface area contributed by atoms with Gasteiger partial charge in [0.15, 0.2) is 11.5 Å². The molecule has 6 nitrogen and oxygen atoms in total. The molecule has 0 saturated carbocycles. The standard InChI is InChI=1S/C19H16BrNO5/c1-25-13-8-5-11(9-14(13)26-2)16-15(18(23)19(24)21-16)17(22)10-3-6-12(20)7-4-10/h3-9,16,22H,1-2H3,(H,21,24)/b17-15+/t16-/m1/s1. The van der Waals surface area contributed by atoms with Crippen molar-refractivity contribution in [3.8, 4) is 11.5 Å². The van der Waals surface area contributed by atoms with Crippen LogP contribution in [0, 0.1) is 0 Å². The number of nitrogens with one attached hydrogen (secondary N) is 1. The molecule has 1 aliphatic heterocycles. The number of ether oxygens (including phenoxy) is 2. The Kier molecular flexibility index (Phi) is 4.99. The first-order valence-electron chi connectivity index (χ1n) is 7.72. The van der Waals surface area contributed by atoms with Crippen LogP contribution in [0.15, 0.2) is 52.5 Å². The lowest BCUT2D eigenvalue weighted by molar-refractivity contribution is -0.133. The van der Waals surface area contributed by atoms with Gasteiger partial charge >= 0.3 is 0 Å². The highest BCUT2D eigenvalue weighted by Crippen LogP contribution is 2.37. The first-order chi connectivity index (χ1) is 12.5. The summed E-state index contributed by atoms with van der Waals surface area (Å²) < 4.78 is 11.3. The first kappa shape index (κ1) is 18.0. The van der Waals surface area contributed by atoms with Crippen LogP contribution in [0.3, 0.4) is 0 Å². The van der Waals surface area contributed by atoms with Crippen molar-refractivity contribution < 1.29 is 24.2 Å². The van der Waals surface area contributed by atoms with E-state index < -0.39 is 17.7 Å². The Balaban J connectivity index is 2.11. The van der Waals surface area contributed by atoms with Crippen LogP contribution in [0.5, 0.6) is 11.5 Å². The number of aliphatic hydroxyl groups excluding tert-OH is 1. The van der Waals surface area contributed by atoms with Gasteiger partial charge in [0, 0.05) is 10.0 Å². The fraction of sp³-hybridized carbons (Fsp3) is 0.158. The van der Waals surface area contributed by atoms with Gasteiger partial charge in [-0.1, -0.05) is 34.1 Å². The number of benzene rings is 2. The molecule has 1 aliphatic rings. The zero-order valence-electron chi connectivity index (χ0n) is 14.1. The second-order valence-electron chi connectivity index (χ2n) is 5.62. The fourth-order valence-electron chi connectivity index (χ4n) is 2.81. The molecule has 2 aromatic rings. The van der Waals surface area contributed by atoms with Gasteiger partial charge in [0.25, 0.3) is 11.7 Å². The number of carbonyl (C=O) groups is 2. The summed E-state index contributed by atoms with van der Waals surface area (Å²) in [6.45, 7) is 0. The van der Waals surface area contributed by atoms with E-state index in [1.165, 1.54) is 14.2 Å². The van der Waals surface area contributed by atoms with Gasteiger partial charge < -0.3 is 19.9 Å². The van der Waals surface area contributed by atoms with E-state index in [0.717, 1.165) is 4.47 Å². The molecular weight excluding hydrogens is 402 g/mol. The summed E-state index contributed by atoms with van der Waals surface area (Å²) in [7, 11) is 3.01. The Labute approximate surface area is 158 Å². The molecule has 0 radical (unpaired) electrons. The number of ketones is 1. The highest BCUT2D eigenvalue weighted by Gasteiger charge is 2.39. The maximum absolute atomic E-state index is 12.4. The van der Waals surface area contributed by atoms with Crippen LogP contribution >= 0.6 is 15.9 Å². The molecule has 0 aromatic heterocycles. The first-order valence-corrected chi connectivity index (χ1v) is 8.51. The van der Waals surface area contributed by atoms with Crippen LogP contribution < -0.4 is 14.8 Å². The van der Waals surface area contributed by atoms with Gasteiger partial charge in [-0.2, -0.15) is 0 Å². The SMILES string of the molecule is COc1ccc([C@H]2NC(=O)C(=O)/C2=C(/O)c2ccc(Br)cc2)cc1OC. The third-order valence-corrected chi connectivity index (χ3v) is 4.66. The number of methoxy groups -OCH3 is 2. The van der Waals surface area contributed by atoms with E-state index in [1.54, 1.807) is 42.5 Å². The second-order valence-corrected chi connectivity index (χ2v) is 6.53. The molecule has 3 rings (SSSR count). The van der Waals surface area contributed by atoms with Gasteiger partial charge in [0.05, 0.1) is 25.8 Å². The number of amides is 1. The van der Waals surface area contributed by atoms with Crippen molar-refractivity contribution in [3.63, 3.8) is 0 Å². The van der Waals surface area contributed by atoms with Crippen LogP contribution in [0.1, 0.15) is 17.2 Å². The largest absolute Gasteiger partial charge is 0.507 e. The molecule has 7 heteroatoms. The molecule has 0 spiro atoms. The normalized spacial score (nSPS) is 18.5. The number of Topliss-reactive ketones (excluding diaryl/α,β-unsaturated/α-hetero) is 1. The minimum Gasteiger partial charge on any atom is -0.507 e. The van der Waals surface area contributed by atoms with Gasteiger partial charge in [0.1, 0.15) is 5.76 Å². The predicted molar refractivity (Wildman–Crippen MR) is 99.1 cm³/mol. The van der Waals surface area contributed by atoms with E-state index in [-0.39, 0.29) is 11.3 Å². The summed E-state index contributed by atoms with van der Waals surface area (Å²) in [6.07, 6.45) is 0. The Morgan fingerprint density at radius 2 is 1.69 bits per heavy atom. The Hall–Kier alpha value is -2.80. The van der Waals surface area contributed by atoms with Gasteiger partial charge in [0.2, 0.25) is 0 Å². The van der Waals surface area contributed by atoms with Crippen molar-refractivity contribution in [2.24, 2.45) is 0 Å². The third kappa shape index (κ3) is 3.17. The van der Waals surface area contributed by atoms with Crippen molar-refractivity contribution in [1.82, 2.24) is 5.32 Å². The summed E-state index contributed by atoms with van der Waals surface area (Å²) >= 11 is 3.32. The van der Waals surface area contributed by atoms with Gasteiger partial charge in [-0.25, -0.2) is 0 Å². The summed E-state index contributed by atoms with van der Waals surface area (Å²) in [4.78, 5) is 24.3. The fourth-order valence-corrected chi connectivity index (χ4v) is 3.08. The molecule has 134 valence electrons. The highest BCUT2D eigenvalue weighted by atomic mass is 79.9. The monoisotopic (exact) mass is 417 g/mol. The smallest absolute Gasteiger partial charge is 0.293 e. The van der Waals surface area contributed by atoms with Crippen molar-refractivity contribution in [2.75, 3.05) is 14.2 Å². The van der Waals surface area contributed by atoms with E-state index in [0.29, 0.717) is 22.6 Å². The number of carbonyl (C=O) groups excluding carboxylic acids is 2. The molecule has 1 atom stereocenters. The maximum Gasteiger partial charge on any atom is 0.293 e. The topological polar surface area (TPSA) is 84.9 Å². The Bertz CT molecular complexity index is 905. The Morgan fingerprint density at radius 3 is 2.31 bits per heavy atom. The van der Waals surface area contributed by atoms with Crippen LogP contribution in [-0.4, -0.2) is 31.0 Å². The van der Waals surface area contributed by atoms with Gasteiger partial charge in [-0.05, 0) is 29.8 Å². The molecule has 1 amide bonds.